The lowest BCUT2D eigenvalue weighted by Gasteiger charge is -2.08. The highest BCUT2D eigenvalue weighted by Gasteiger charge is 2.00. The second kappa shape index (κ2) is 4.58. The molecule has 0 aliphatic carbocycles. The maximum atomic E-state index is 5.28. The molecule has 1 atom stereocenters. The molecule has 2 N–H and O–H groups in total. The Kier molecular flexibility index (Phi) is 3.36. The summed E-state index contributed by atoms with van der Waals surface area (Å²) in [6.45, 7) is 2.81. The van der Waals surface area contributed by atoms with Gasteiger partial charge in [-0.1, -0.05) is 12.8 Å². The van der Waals surface area contributed by atoms with Crippen molar-refractivity contribution in [2.24, 2.45) is 0 Å². The lowest BCUT2D eigenvalue weighted by Crippen LogP contribution is -2.26. The molecule has 3 heteroatoms. The van der Waals surface area contributed by atoms with Crippen molar-refractivity contribution < 1.29 is 0 Å². The molecule has 12 heavy (non-hydrogen) atoms. The first-order valence-corrected chi connectivity index (χ1v) is 4.03. The van der Waals surface area contributed by atoms with Gasteiger partial charge in [0.15, 0.2) is 0 Å². The summed E-state index contributed by atoms with van der Waals surface area (Å²) in [6.07, 6.45) is 9.68. The number of nitrogens with zero attached hydrogens (tertiary/aromatic N) is 1. The summed E-state index contributed by atoms with van der Waals surface area (Å²) in [4.78, 5) is 6.90. The van der Waals surface area contributed by atoms with Crippen LogP contribution in [0, 0.1) is 12.3 Å². The predicted octanol–water partition coefficient (Wildman–Crippen LogP) is 0.911. The first-order valence-electron chi connectivity index (χ1n) is 4.03. The van der Waals surface area contributed by atoms with Gasteiger partial charge in [0, 0.05) is 18.4 Å². The van der Waals surface area contributed by atoms with Crippen LogP contribution in [0.1, 0.15) is 19.0 Å². The Balaban J connectivity index is 2.31. The number of imidazole rings is 1. The van der Waals surface area contributed by atoms with Gasteiger partial charge in [0.05, 0.1) is 12.4 Å². The van der Waals surface area contributed by atoms with E-state index < -0.39 is 0 Å². The highest BCUT2D eigenvalue weighted by atomic mass is 14.9. The molecule has 1 aromatic heterocycles. The van der Waals surface area contributed by atoms with Crippen LogP contribution < -0.4 is 5.32 Å². The van der Waals surface area contributed by atoms with Crippen molar-refractivity contribution >= 4 is 0 Å². The molecule has 0 aromatic carbocycles. The van der Waals surface area contributed by atoms with Crippen molar-refractivity contribution in [3.63, 3.8) is 0 Å². The molecule has 0 radical (unpaired) electrons. The number of H-pyrrole nitrogens is 1. The minimum absolute atomic E-state index is 0.160. The predicted molar refractivity (Wildman–Crippen MR) is 48.3 cm³/mol. The number of rotatable bonds is 4. The van der Waals surface area contributed by atoms with E-state index in [0.29, 0.717) is 0 Å². The number of hydrogen-bond donors (Lipinski definition) is 2. The first-order chi connectivity index (χ1) is 5.86. The van der Waals surface area contributed by atoms with Crippen LogP contribution in [0.4, 0.5) is 0 Å². The molecule has 1 heterocycles. The number of nitrogens with one attached hydrogen (secondary N) is 2. The molecule has 64 valence electrons. The highest BCUT2D eigenvalue weighted by Crippen LogP contribution is 1.93. The number of aromatic amines is 1. The smallest absolute Gasteiger partial charge is 0.0922 e. The molecule has 1 aromatic rings. The van der Waals surface area contributed by atoms with Gasteiger partial charge in [0.25, 0.3) is 0 Å². The Morgan fingerprint density at radius 3 is 3.17 bits per heavy atom. The van der Waals surface area contributed by atoms with Crippen LogP contribution in [0.2, 0.25) is 0 Å². The summed E-state index contributed by atoms with van der Waals surface area (Å²) < 4.78 is 0. The van der Waals surface area contributed by atoms with Crippen LogP contribution in [0.3, 0.4) is 0 Å². The zero-order valence-electron chi connectivity index (χ0n) is 7.17. The Bertz CT molecular complexity index is 245. The van der Waals surface area contributed by atoms with Gasteiger partial charge in [-0.05, 0) is 6.42 Å². The van der Waals surface area contributed by atoms with Gasteiger partial charge in [-0.2, -0.15) is 0 Å². The fraction of sp³-hybridized carbons (Fsp3) is 0.444. The van der Waals surface area contributed by atoms with Gasteiger partial charge in [-0.15, -0.1) is 6.42 Å². The van der Waals surface area contributed by atoms with Gasteiger partial charge in [0.2, 0.25) is 0 Å². The molecule has 0 aliphatic heterocycles. The number of hydrogen-bond acceptors (Lipinski definition) is 2. The third kappa shape index (κ3) is 2.40. The summed E-state index contributed by atoms with van der Waals surface area (Å²) in [5.74, 6) is 2.67. The minimum atomic E-state index is 0.160. The minimum Gasteiger partial charge on any atom is -0.347 e. The van der Waals surface area contributed by atoms with E-state index in [-0.39, 0.29) is 6.04 Å². The summed E-state index contributed by atoms with van der Waals surface area (Å²) in [7, 11) is 0. The first kappa shape index (κ1) is 8.82. The molecule has 0 aliphatic rings. The Labute approximate surface area is 72.6 Å². The van der Waals surface area contributed by atoms with Crippen molar-refractivity contribution in [2.75, 3.05) is 0 Å². The summed E-state index contributed by atoms with van der Waals surface area (Å²) in [5, 5.41) is 3.21. The SMILES string of the molecule is C#CC(CC)NCc1cnc[nH]1. The number of terminal acetylenes is 1. The van der Waals surface area contributed by atoms with Crippen LogP contribution in [0.25, 0.3) is 0 Å². The summed E-state index contributed by atoms with van der Waals surface area (Å²) in [6, 6.07) is 0.160. The van der Waals surface area contributed by atoms with E-state index in [4.69, 9.17) is 6.42 Å². The van der Waals surface area contributed by atoms with E-state index in [1.165, 1.54) is 0 Å². The van der Waals surface area contributed by atoms with E-state index in [0.717, 1.165) is 18.7 Å². The zero-order chi connectivity index (χ0) is 8.81. The highest BCUT2D eigenvalue weighted by molar-refractivity contribution is 5.00. The normalized spacial score (nSPS) is 12.3. The van der Waals surface area contributed by atoms with Crippen LogP contribution >= 0.6 is 0 Å². The largest absolute Gasteiger partial charge is 0.347 e. The van der Waals surface area contributed by atoms with Crippen molar-refractivity contribution in [1.82, 2.24) is 15.3 Å². The van der Waals surface area contributed by atoms with Crippen LogP contribution in [-0.2, 0) is 6.54 Å². The third-order valence-corrected chi connectivity index (χ3v) is 1.70. The third-order valence-electron chi connectivity index (χ3n) is 1.70. The fourth-order valence-electron chi connectivity index (χ4n) is 0.936. The lowest BCUT2D eigenvalue weighted by molar-refractivity contribution is 0.587. The Hall–Kier alpha value is -1.27. The average molecular weight is 163 g/mol. The van der Waals surface area contributed by atoms with Crippen LogP contribution in [0.15, 0.2) is 12.5 Å². The molecular weight excluding hydrogens is 150 g/mol. The zero-order valence-corrected chi connectivity index (χ0v) is 7.17. The second-order valence-corrected chi connectivity index (χ2v) is 2.59. The van der Waals surface area contributed by atoms with Gasteiger partial charge < -0.3 is 4.98 Å². The quantitative estimate of drug-likeness (QED) is 0.648. The maximum absolute atomic E-state index is 5.28. The summed E-state index contributed by atoms with van der Waals surface area (Å²) in [5.41, 5.74) is 1.06. The molecule has 0 bridgehead atoms. The second-order valence-electron chi connectivity index (χ2n) is 2.59. The Morgan fingerprint density at radius 2 is 2.67 bits per heavy atom. The van der Waals surface area contributed by atoms with E-state index >= 15 is 0 Å². The molecule has 1 unspecified atom stereocenters. The maximum Gasteiger partial charge on any atom is 0.0922 e. The van der Waals surface area contributed by atoms with Gasteiger partial charge >= 0.3 is 0 Å². The molecule has 0 saturated heterocycles. The molecular formula is C9H13N3. The van der Waals surface area contributed by atoms with E-state index in [2.05, 4.69) is 28.1 Å². The van der Waals surface area contributed by atoms with Gasteiger partial charge in [0.1, 0.15) is 0 Å². The fourth-order valence-corrected chi connectivity index (χ4v) is 0.936. The van der Waals surface area contributed by atoms with Gasteiger partial charge in [-0.3, -0.25) is 5.32 Å². The molecule has 3 nitrogen and oxygen atoms in total. The molecule has 0 amide bonds. The van der Waals surface area contributed by atoms with Gasteiger partial charge in [-0.25, -0.2) is 4.98 Å². The van der Waals surface area contributed by atoms with E-state index in [1.54, 1.807) is 12.5 Å². The number of aromatic nitrogens is 2. The average Bonchev–Trinajstić information content (AvgIpc) is 2.59. The molecule has 0 saturated carbocycles. The van der Waals surface area contributed by atoms with Crippen molar-refractivity contribution in [2.45, 2.75) is 25.9 Å². The Morgan fingerprint density at radius 1 is 1.83 bits per heavy atom. The standard InChI is InChI=1S/C9H13N3/c1-3-8(4-2)11-6-9-5-10-7-12-9/h1,5,7-8,11H,4,6H2,2H3,(H,10,12). The van der Waals surface area contributed by atoms with Crippen LogP contribution in [0.5, 0.6) is 0 Å². The monoisotopic (exact) mass is 163 g/mol. The summed E-state index contributed by atoms with van der Waals surface area (Å²) >= 11 is 0. The molecule has 0 spiro atoms. The van der Waals surface area contributed by atoms with E-state index in [9.17, 15) is 0 Å². The van der Waals surface area contributed by atoms with Crippen molar-refractivity contribution in [3.8, 4) is 12.3 Å². The van der Waals surface area contributed by atoms with E-state index in [1.807, 2.05) is 0 Å². The molecule has 0 fully saturated rings. The molecule has 1 rings (SSSR count). The van der Waals surface area contributed by atoms with Crippen molar-refractivity contribution in [3.05, 3.63) is 18.2 Å². The van der Waals surface area contributed by atoms with Crippen LogP contribution in [-0.4, -0.2) is 16.0 Å². The lowest BCUT2D eigenvalue weighted by atomic mass is 10.2. The van der Waals surface area contributed by atoms with Crippen molar-refractivity contribution in [1.29, 1.82) is 0 Å². The topological polar surface area (TPSA) is 40.7 Å².